The molecule has 1 aromatic carbocycles. The summed E-state index contributed by atoms with van der Waals surface area (Å²) >= 11 is 0. The van der Waals surface area contributed by atoms with Crippen molar-refractivity contribution in [3.05, 3.63) is 36.0 Å². The quantitative estimate of drug-likeness (QED) is 0.886. The Bertz CT molecular complexity index is 663. The SMILES string of the molecule is CCOC(=O)NC(Cc1cccc2[nH]ccc12)C(=O)N(C)C. The summed E-state index contributed by atoms with van der Waals surface area (Å²) < 4.78 is 4.89. The number of aromatic amines is 1. The first-order chi connectivity index (χ1) is 10.5. The highest BCUT2D eigenvalue weighted by Crippen LogP contribution is 2.19. The number of likely N-dealkylation sites (N-methyl/N-ethyl adjacent to an activating group) is 1. The molecule has 6 heteroatoms. The molecule has 0 saturated heterocycles. The molecule has 6 nitrogen and oxygen atoms in total. The lowest BCUT2D eigenvalue weighted by Gasteiger charge is -2.21. The summed E-state index contributed by atoms with van der Waals surface area (Å²) in [5.74, 6) is -0.166. The molecule has 0 spiro atoms. The van der Waals surface area contributed by atoms with E-state index in [1.54, 1.807) is 21.0 Å². The van der Waals surface area contributed by atoms with Gasteiger partial charge in [-0.3, -0.25) is 4.79 Å². The summed E-state index contributed by atoms with van der Waals surface area (Å²) in [7, 11) is 3.33. The average Bonchev–Trinajstić information content (AvgIpc) is 2.95. The number of H-pyrrole nitrogens is 1. The number of nitrogens with one attached hydrogen (secondary N) is 2. The minimum atomic E-state index is -0.658. The minimum absolute atomic E-state index is 0.166. The van der Waals surface area contributed by atoms with Gasteiger partial charge in [-0.2, -0.15) is 0 Å². The predicted molar refractivity (Wildman–Crippen MR) is 84.6 cm³/mol. The number of nitrogens with zero attached hydrogens (tertiary/aromatic N) is 1. The number of carbonyl (C=O) groups is 2. The van der Waals surface area contributed by atoms with Gasteiger partial charge < -0.3 is 19.9 Å². The number of fused-ring (bicyclic) bond motifs is 1. The Morgan fingerprint density at radius 1 is 1.32 bits per heavy atom. The molecule has 2 aromatic rings. The van der Waals surface area contributed by atoms with Crippen molar-refractivity contribution in [2.75, 3.05) is 20.7 Å². The number of hydrogen-bond donors (Lipinski definition) is 2. The first-order valence-corrected chi connectivity index (χ1v) is 7.22. The lowest BCUT2D eigenvalue weighted by molar-refractivity contribution is -0.130. The third-order valence-electron chi connectivity index (χ3n) is 3.42. The van der Waals surface area contributed by atoms with Gasteiger partial charge in [-0.15, -0.1) is 0 Å². The molecule has 0 fully saturated rings. The highest BCUT2D eigenvalue weighted by atomic mass is 16.5. The second kappa shape index (κ2) is 6.98. The van der Waals surface area contributed by atoms with E-state index in [0.29, 0.717) is 6.42 Å². The normalized spacial score (nSPS) is 12.0. The van der Waals surface area contributed by atoms with Crippen LogP contribution in [0.1, 0.15) is 12.5 Å². The van der Waals surface area contributed by atoms with Crippen LogP contribution in [0.15, 0.2) is 30.5 Å². The van der Waals surface area contributed by atoms with Gasteiger partial charge in [-0.1, -0.05) is 12.1 Å². The van der Waals surface area contributed by atoms with Crippen molar-refractivity contribution >= 4 is 22.9 Å². The molecular weight excluding hydrogens is 282 g/mol. The first-order valence-electron chi connectivity index (χ1n) is 7.22. The van der Waals surface area contributed by atoms with Crippen molar-refractivity contribution in [2.24, 2.45) is 0 Å². The fourth-order valence-corrected chi connectivity index (χ4v) is 2.38. The summed E-state index contributed by atoms with van der Waals surface area (Å²) in [5, 5.41) is 3.69. The van der Waals surface area contributed by atoms with Crippen molar-refractivity contribution in [1.82, 2.24) is 15.2 Å². The predicted octanol–water partition coefficient (Wildman–Crippen LogP) is 1.91. The number of aromatic nitrogens is 1. The number of ether oxygens (including phenoxy) is 1. The average molecular weight is 303 g/mol. The highest BCUT2D eigenvalue weighted by Gasteiger charge is 2.24. The van der Waals surface area contributed by atoms with Crippen LogP contribution in [0.3, 0.4) is 0 Å². The van der Waals surface area contributed by atoms with Crippen LogP contribution in [0.4, 0.5) is 4.79 Å². The molecule has 0 radical (unpaired) electrons. The standard InChI is InChI=1S/C16H21N3O3/c1-4-22-16(21)18-14(15(20)19(2)3)10-11-6-5-7-13-12(11)8-9-17-13/h5-9,14,17H,4,10H2,1-3H3,(H,18,21). The second-order valence-electron chi connectivity index (χ2n) is 5.21. The van der Waals surface area contributed by atoms with Crippen LogP contribution < -0.4 is 5.32 Å². The molecular formula is C16H21N3O3. The number of alkyl carbamates (subject to hydrolysis) is 1. The molecule has 118 valence electrons. The molecule has 0 saturated carbocycles. The van der Waals surface area contributed by atoms with Gasteiger partial charge in [0.15, 0.2) is 0 Å². The van der Waals surface area contributed by atoms with Crippen LogP contribution in [0.5, 0.6) is 0 Å². The van der Waals surface area contributed by atoms with E-state index in [0.717, 1.165) is 16.5 Å². The van der Waals surface area contributed by atoms with Gasteiger partial charge in [0.25, 0.3) is 0 Å². The number of rotatable bonds is 5. The van der Waals surface area contributed by atoms with Gasteiger partial charge in [0.1, 0.15) is 6.04 Å². The molecule has 0 aliphatic carbocycles. The Labute approximate surface area is 129 Å². The van der Waals surface area contributed by atoms with Gasteiger partial charge in [0, 0.05) is 37.6 Å². The smallest absolute Gasteiger partial charge is 0.407 e. The van der Waals surface area contributed by atoms with E-state index in [2.05, 4.69) is 10.3 Å². The summed E-state index contributed by atoms with van der Waals surface area (Å²) in [6.45, 7) is 1.99. The molecule has 22 heavy (non-hydrogen) atoms. The summed E-state index contributed by atoms with van der Waals surface area (Å²) in [5.41, 5.74) is 2.00. The molecule has 0 aliphatic heterocycles. The zero-order valence-corrected chi connectivity index (χ0v) is 13.1. The molecule has 0 bridgehead atoms. The maximum atomic E-state index is 12.3. The largest absolute Gasteiger partial charge is 0.450 e. The first kappa shape index (κ1) is 15.9. The van der Waals surface area contributed by atoms with Crippen LogP contribution in [0.25, 0.3) is 10.9 Å². The van der Waals surface area contributed by atoms with Gasteiger partial charge in [0.2, 0.25) is 5.91 Å². The van der Waals surface area contributed by atoms with Gasteiger partial charge in [-0.25, -0.2) is 4.79 Å². The Morgan fingerprint density at radius 3 is 2.77 bits per heavy atom. The number of benzene rings is 1. The molecule has 0 aliphatic rings. The molecule has 1 aromatic heterocycles. The summed E-state index contributed by atoms with van der Waals surface area (Å²) in [4.78, 5) is 28.6. The summed E-state index contributed by atoms with van der Waals surface area (Å²) in [6.07, 6.45) is 1.68. The van der Waals surface area contributed by atoms with E-state index in [1.165, 1.54) is 4.90 Å². The molecule has 2 amide bonds. The monoisotopic (exact) mass is 303 g/mol. The topological polar surface area (TPSA) is 74.4 Å². The number of carbonyl (C=O) groups excluding carboxylic acids is 2. The number of amides is 2. The fourth-order valence-electron chi connectivity index (χ4n) is 2.38. The summed E-state index contributed by atoms with van der Waals surface area (Å²) in [6, 6.07) is 7.16. The van der Waals surface area contributed by atoms with Crippen LogP contribution in [-0.4, -0.2) is 48.6 Å². The van der Waals surface area contributed by atoms with Crippen molar-refractivity contribution < 1.29 is 14.3 Å². The van der Waals surface area contributed by atoms with Gasteiger partial charge in [0.05, 0.1) is 6.61 Å². The van der Waals surface area contributed by atoms with Gasteiger partial charge >= 0.3 is 6.09 Å². The van der Waals surface area contributed by atoms with E-state index in [-0.39, 0.29) is 12.5 Å². The molecule has 2 rings (SSSR count). The van der Waals surface area contributed by atoms with Crippen LogP contribution in [0.2, 0.25) is 0 Å². The Kier molecular flexibility index (Phi) is 5.04. The Morgan fingerprint density at radius 2 is 2.09 bits per heavy atom. The molecule has 1 unspecified atom stereocenters. The van der Waals surface area contributed by atoms with Crippen LogP contribution in [0, 0.1) is 0 Å². The molecule has 1 heterocycles. The fraction of sp³-hybridized carbons (Fsp3) is 0.375. The zero-order chi connectivity index (χ0) is 16.1. The number of hydrogen-bond acceptors (Lipinski definition) is 3. The zero-order valence-electron chi connectivity index (χ0n) is 13.1. The maximum absolute atomic E-state index is 12.3. The lowest BCUT2D eigenvalue weighted by Crippen LogP contribution is -2.47. The van der Waals surface area contributed by atoms with E-state index in [1.807, 2.05) is 30.5 Å². The maximum Gasteiger partial charge on any atom is 0.407 e. The molecule has 1 atom stereocenters. The molecule has 2 N–H and O–H groups in total. The Hall–Kier alpha value is -2.50. The van der Waals surface area contributed by atoms with Gasteiger partial charge in [-0.05, 0) is 24.6 Å². The van der Waals surface area contributed by atoms with Crippen molar-refractivity contribution in [3.63, 3.8) is 0 Å². The van der Waals surface area contributed by atoms with Crippen LogP contribution >= 0.6 is 0 Å². The van der Waals surface area contributed by atoms with Crippen molar-refractivity contribution in [3.8, 4) is 0 Å². The third kappa shape index (κ3) is 3.58. The van der Waals surface area contributed by atoms with E-state index in [4.69, 9.17) is 4.74 Å². The van der Waals surface area contributed by atoms with E-state index in [9.17, 15) is 9.59 Å². The third-order valence-corrected chi connectivity index (χ3v) is 3.42. The van der Waals surface area contributed by atoms with Crippen molar-refractivity contribution in [1.29, 1.82) is 0 Å². The van der Waals surface area contributed by atoms with E-state index < -0.39 is 12.1 Å². The Balaban J connectivity index is 2.23. The second-order valence-corrected chi connectivity index (χ2v) is 5.21. The highest BCUT2D eigenvalue weighted by molar-refractivity contribution is 5.88. The van der Waals surface area contributed by atoms with E-state index >= 15 is 0 Å². The van der Waals surface area contributed by atoms with Crippen molar-refractivity contribution in [2.45, 2.75) is 19.4 Å². The lowest BCUT2D eigenvalue weighted by atomic mass is 10.0. The van der Waals surface area contributed by atoms with Crippen LogP contribution in [-0.2, 0) is 16.0 Å². The minimum Gasteiger partial charge on any atom is -0.450 e.